The Morgan fingerprint density at radius 3 is 2.60 bits per heavy atom. The van der Waals surface area contributed by atoms with Crippen LogP contribution in [0.15, 0.2) is 49.1 Å². The zero-order valence-electron chi connectivity index (χ0n) is 17.1. The predicted octanol–water partition coefficient (Wildman–Crippen LogP) is 3.14. The molecule has 7 heteroatoms. The van der Waals surface area contributed by atoms with Gasteiger partial charge in [0.25, 0.3) is 5.91 Å². The zero-order valence-corrected chi connectivity index (χ0v) is 17.1. The van der Waals surface area contributed by atoms with Gasteiger partial charge in [-0.3, -0.25) is 9.59 Å². The number of primary amides is 1. The smallest absolute Gasteiger partial charge is 0.262 e. The first-order valence-electron chi connectivity index (χ1n) is 9.91. The van der Waals surface area contributed by atoms with Gasteiger partial charge < -0.3 is 25.4 Å². The number of allylic oxidation sites excluding steroid dienone is 1. The van der Waals surface area contributed by atoms with Crippen molar-refractivity contribution in [1.29, 1.82) is 0 Å². The van der Waals surface area contributed by atoms with E-state index in [0.29, 0.717) is 29.2 Å². The third-order valence-corrected chi connectivity index (χ3v) is 4.97. The molecule has 1 saturated heterocycles. The van der Waals surface area contributed by atoms with E-state index in [4.69, 9.17) is 15.2 Å². The molecule has 30 heavy (non-hydrogen) atoms. The number of hydrogen-bond donors (Lipinski definition) is 2. The molecule has 158 valence electrons. The van der Waals surface area contributed by atoms with E-state index in [1.54, 1.807) is 31.4 Å². The number of ether oxygens (including phenoxy) is 2. The molecular weight excluding hydrogens is 382 g/mol. The topological polar surface area (TPSA) is 93.9 Å². The SMILES string of the molecule is C=CCc1ccc(OCC(=O)Nc2cc(C(N)=O)ccc2N2CCCC2)c(OC)c1. The van der Waals surface area contributed by atoms with Crippen LogP contribution in [-0.2, 0) is 11.2 Å². The summed E-state index contributed by atoms with van der Waals surface area (Å²) in [5.41, 5.74) is 8.21. The Bertz CT molecular complexity index is 936. The molecule has 2 amide bonds. The van der Waals surface area contributed by atoms with Gasteiger partial charge >= 0.3 is 0 Å². The Morgan fingerprint density at radius 2 is 1.93 bits per heavy atom. The van der Waals surface area contributed by atoms with Crippen LogP contribution in [0.4, 0.5) is 11.4 Å². The van der Waals surface area contributed by atoms with Crippen LogP contribution < -0.4 is 25.4 Å². The first-order valence-corrected chi connectivity index (χ1v) is 9.91. The minimum absolute atomic E-state index is 0.197. The standard InChI is InChI=1S/C23H27N3O4/c1-3-6-16-7-10-20(21(13-16)29-2)30-15-22(27)25-18-14-17(23(24)28)8-9-19(18)26-11-4-5-12-26/h3,7-10,13-14H,1,4-6,11-12,15H2,2H3,(H2,24,28)(H,25,27). The molecule has 3 rings (SSSR count). The highest BCUT2D eigenvalue weighted by Crippen LogP contribution is 2.31. The van der Waals surface area contributed by atoms with Gasteiger partial charge in [0.05, 0.1) is 18.5 Å². The average molecular weight is 409 g/mol. The molecule has 7 nitrogen and oxygen atoms in total. The molecule has 0 aliphatic carbocycles. The number of carbonyl (C=O) groups is 2. The highest BCUT2D eigenvalue weighted by Gasteiger charge is 2.19. The maximum atomic E-state index is 12.6. The summed E-state index contributed by atoms with van der Waals surface area (Å²) in [5, 5.41) is 2.85. The molecule has 1 fully saturated rings. The van der Waals surface area contributed by atoms with Gasteiger partial charge in [-0.25, -0.2) is 0 Å². The van der Waals surface area contributed by atoms with Crippen LogP contribution in [0.25, 0.3) is 0 Å². The quantitative estimate of drug-likeness (QED) is 0.621. The number of nitrogens with zero attached hydrogens (tertiary/aromatic N) is 1. The van der Waals surface area contributed by atoms with E-state index in [9.17, 15) is 9.59 Å². The number of carbonyl (C=O) groups excluding carboxylic acids is 2. The van der Waals surface area contributed by atoms with Crippen LogP contribution in [0.1, 0.15) is 28.8 Å². The van der Waals surface area contributed by atoms with Crippen LogP contribution >= 0.6 is 0 Å². The van der Waals surface area contributed by atoms with Crippen LogP contribution in [0.5, 0.6) is 11.5 Å². The minimum atomic E-state index is -0.543. The second kappa shape index (κ2) is 9.82. The van der Waals surface area contributed by atoms with Crippen LogP contribution in [0, 0.1) is 0 Å². The third-order valence-electron chi connectivity index (χ3n) is 4.97. The summed E-state index contributed by atoms with van der Waals surface area (Å²) < 4.78 is 11.0. The van der Waals surface area contributed by atoms with Gasteiger partial charge in [0, 0.05) is 18.7 Å². The van der Waals surface area contributed by atoms with Crippen molar-refractivity contribution in [3.63, 3.8) is 0 Å². The molecule has 2 aromatic rings. The molecule has 3 N–H and O–H groups in total. The fourth-order valence-electron chi connectivity index (χ4n) is 3.48. The molecule has 0 bridgehead atoms. The van der Waals surface area contributed by atoms with Crippen LogP contribution in [0.2, 0.25) is 0 Å². The van der Waals surface area contributed by atoms with Crippen molar-refractivity contribution in [2.75, 3.05) is 37.0 Å². The van der Waals surface area contributed by atoms with Crippen molar-refractivity contribution in [3.8, 4) is 11.5 Å². The third kappa shape index (κ3) is 5.11. The molecule has 1 heterocycles. The first kappa shape index (κ1) is 21.2. The Kier molecular flexibility index (Phi) is 6.95. The van der Waals surface area contributed by atoms with E-state index in [0.717, 1.165) is 37.2 Å². The van der Waals surface area contributed by atoms with Gasteiger partial charge in [-0.1, -0.05) is 12.1 Å². The van der Waals surface area contributed by atoms with Gasteiger partial charge in [-0.15, -0.1) is 6.58 Å². The number of nitrogens with one attached hydrogen (secondary N) is 1. The highest BCUT2D eigenvalue weighted by atomic mass is 16.5. The summed E-state index contributed by atoms with van der Waals surface area (Å²) in [6.07, 6.45) is 4.71. The Balaban J connectivity index is 1.72. The fourth-order valence-corrected chi connectivity index (χ4v) is 3.48. The number of nitrogens with two attached hydrogens (primary N) is 1. The average Bonchev–Trinajstić information content (AvgIpc) is 3.27. The largest absolute Gasteiger partial charge is 0.493 e. The van der Waals surface area contributed by atoms with Crippen molar-refractivity contribution in [2.24, 2.45) is 5.73 Å². The molecule has 1 aliphatic heterocycles. The zero-order chi connectivity index (χ0) is 21.5. The lowest BCUT2D eigenvalue weighted by Gasteiger charge is -2.22. The maximum Gasteiger partial charge on any atom is 0.262 e. The van der Waals surface area contributed by atoms with E-state index in [1.165, 1.54) is 0 Å². The lowest BCUT2D eigenvalue weighted by atomic mass is 10.1. The molecule has 0 radical (unpaired) electrons. The summed E-state index contributed by atoms with van der Waals surface area (Å²) in [7, 11) is 1.55. The molecule has 1 aliphatic rings. The fraction of sp³-hybridized carbons (Fsp3) is 0.304. The summed E-state index contributed by atoms with van der Waals surface area (Å²) in [4.78, 5) is 26.3. The number of methoxy groups -OCH3 is 1. The summed E-state index contributed by atoms with van der Waals surface area (Å²) in [6.45, 7) is 5.34. The van der Waals surface area contributed by atoms with Crippen LogP contribution in [0.3, 0.4) is 0 Å². The summed E-state index contributed by atoms with van der Waals surface area (Å²) in [6, 6.07) is 10.6. The van der Waals surface area contributed by atoms with Gasteiger partial charge in [-0.05, 0) is 55.2 Å². The Morgan fingerprint density at radius 1 is 1.17 bits per heavy atom. The monoisotopic (exact) mass is 409 g/mol. The lowest BCUT2D eigenvalue weighted by molar-refractivity contribution is -0.118. The maximum absolute atomic E-state index is 12.6. The van der Waals surface area contributed by atoms with E-state index >= 15 is 0 Å². The second-order valence-electron chi connectivity index (χ2n) is 7.11. The number of benzene rings is 2. The van der Waals surface area contributed by atoms with Crippen molar-refractivity contribution in [3.05, 3.63) is 60.2 Å². The molecule has 0 spiro atoms. The van der Waals surface area contributed by atoms with E-state index in [-0.39, 0.29) is 12.5 Å². The molecule has 2 aromatic carbocycles. The molecule has 0 atom stereocenters. The van der Waals surface area contributed by atoms with Gasteiger partial charge in [0.1, 0.15) is 0 Å². The highest BCUT2D eigenvalue weighted by molar-refractivity contribution is 5.99. The second-order valence-corrected chi connectivity index (χ2v) is 7.11. The predicted molar refractivity (Wildman–Crippen MR) is 117 cm³/mol. The van der Waals surface area contributed by atoms with Crippen molar-refractivity contribution in [1.82, 2.24) is 0 Å². The van der Waals surface area contributed by atoms with Gasteiger partial charge in [-0.2, -0.15) is 0 Å². The minimum Gasteiger partial charge on any atom is -0.493 e. The van der Waals surface area contributed by atoms with E-state index in [1.807, 2.05) is 18.2 Å². The summed E-state index contributed by atoms with van der Waals surface area (Å²) >= 11 is 0. The lowest BCUT2D eigenvalue weighted by Crippen LogP contribution is -2.24. The molecule has 0 saturated carbocycles. The number of hydrogen-bond acceptors (Lipinski definition) is 5. The van der Waals surface area contributed by atoms with E-state index in [2.05, 4.69) is 16.8 Å². The normalized spacial score (nSPS) is 13.0. The van der Waals surface area contributed by atoms with Crippen molar-refractivity contribution < 1.29 is 19.1 Å². The first-order chi connectivity index (χ1) is 14.5. The van der Waals surface area contributed by atoms with Crippen LogP contribution in [-0.4, -0.2) is 38.6 Å². The van der Waals surface area contributed by atoms with Gasteiger partial charge in [0.15, 0.2) is 18.1 Å². The number of amides is 2. The van der Waals surface area contributed by atoms with Crippen molar-refractivity contribution in [2.45, 2.75) is 19.3 Å². The number of anilines is 2. The summed E-state index contributed by atoms with van der Waals surface area (Å²) in [5.74, 6) is 0.148. The molecular formula is C23H27N3O4. The molecule has 0 unspecified atom stereocenters. The Hall–Kier alpha value is -3.48. The Labute approximate surface area is 176 Å². The number of rotatable bonds is 9. The molecule has 0 aromatic heterocycles. The van der Waals surface area contributed by atoms with Crippen molar-refractivity contribution >= 4 is 23.2 Å². The van der Waals surface area contributed by atoms with E-state index < -0.39 is 5.91 Å². The van der Waals surface area contributed by atoms with Gasteiger partial charge in [0.2, 0.25) is 5.91 Å².